The summed E-state index contributed by atoms with van der Waals surface area (Å²) in [6.07, 6.45) is 7.94. The Bertz CT molecular complexity index is 169. The van der Waals surface area contributed by atoms with Crippen LogP contribution in [0.4, 0.5) is 4.79 Å². The van der Waals surface area contributed by atoms with E-state index < -0.39 is 5.43 Å². The molecule has 0 fully saturated rings. The minimum atomic E-state index is -0.715. The third-order valence-corrected chi connectivity index (χ3v) is 2.16. The fourth-order valence-corrected chi connectivity index (χ4v) is 1.47. The lowest BCUT2D eigenvalue weighted by molar-refractivity contribution is 0.115. The predicted octanol–water partition coefficient (Wildman–Crippen LogP) is 4.28. The average Bonchev–Trinajstić information content (AvgIpc) is 2.12. The fourth-order valence-electron chi connectivity index (χ4n) is 1.34. The molecule has 0 aromatic rings. The van der Waals surface area contributed by atoms with Crippen molar-refractivity contribution < 1.29 is 9.53 Å². The Balaban J connectivity index is 3.61. The topological polar surface area (TPSA) is 26.3 Å². The molecule has 0 aliphatic rings. The zero-order valence-electron chi connectivity index (χ0n) is 8.80. The normalized spacial score (nSPS) is 12.1. The van der Waals surface area contributed by atoms with Crippen molar-refractivity contribution in [2.45, 2.75) is 51.6 Å². The van der Waals surface area contributed by atoms with E-state index >= 15 is 0 Å². The first kappa shape index (κ1) is 13.5. The molecule has 0 rings (SSSR count). The molecule has 2 nitrogen and oxygen atoms in total. The number of hydrogen-bond acceptors (Lipinski definition) is 2. The second-order valence-electron chi connectivity index (χ2n) is 3.35. The Labute approximate surface area is 91.3 Å². The number of halogens is 1. The Morgan fingerprint density at radius 2 is 2.21 bits per heavy atom. The monoisotopic (exact) mass is 218 g/mol. The number of unbranched alkanes of at least 4 members (excludes halogenated alkanes) is 3. The number of ether oxygens (including phenoxy) is 1. The Hall–Kier alpha value is -0.500. The molecule has 0 aromatic carbocycles. The summed E-state index contributed by atoms with van der Waals surface area (Å²) in [6.45, 7) is 5.78. The maximum Gasteiger partial charge on any atom is 0.404 e. The van der Waals surface area contributed by atoms with Crippen molar-refractivity contribution >= 4 is 17.0 Å². The first-order chi connectivity index (χ1) is 6.70. The second kappa shape index (κ2) is 9.07. The van der Waals surface area contributed by atoms with Crippen LogP contribution < -0.4 is 0 Å². The maximum absolute atomic E-state index is 10.5. The van der Waals surface area contributed by atoms with E-state index in [4.69, 9.17) is 16.3 Å². The summed E-state index contributed by atoms with van der Waals surface area (Å²) in [7, 11) is 0. The van der Waals surface area contributed by atoms with Crippen LogP contribution >= 0.6 is 11.6 Å². The van der Waals surface area contributed by atoms with Gasteiger partial charge in [-0.25, -0.2) is 4.79 Å². The highest BCUT2D eigenvalue weighted by molar-refractivity contribution is 6.61. The van der Waals surface area contributed by atoms with Crippen LogP contribution in [0.25, 0.3) is 0 Å². The lowest BCUT2D eigenvalue weighted by Gasteiger charge is -2.13. The molecule has 0 bridgehead atoms. The molecule has 0 aromatic heterocycles. The standard InChI is InChI=1S/C11H19ClO2/c1-3-5-6-7-9-10(8-4-2)14-11(12)13/h4,10H,2-3,5-9H2,1H3. The van der Waals surface area contributed by atoms with E-state index in [-0.39, 0.29) is 6.10 Å². The zero-order chi connectivity index (χ0) is 10.8. The largest absolute Gasteiger partial charge is 0.450 e. The number of hydrogen-bond donors (Lipinski definition) is 0. The van der Waals surface area contributed by atoms with Gasteiger partial charge < -0.3 is 4.74 Å². The van der Waals surface area contributed by atoms with Crippen molar-refractivity contribution in [2.24, 2.45) is 0 Å². The van der Waals surface area contributed by atoms with Crippen LogP contribution in [-0.4, -0.2) is 11.5 Å². The van der Waals surface area contributed by atoms with E-state index in [0.717, 1.165) is 12.8 Å². The molecule has 14 heavy (non-hydrogen) atoms. The average molecular weight is 219 g/mol. The minimum absolute atomic E-state index is 0.0886. The van der Waals surface area contributed by atoms with Gasteiger partial charge in [-0.3, -0.25) is 0 Å². The van der Waals surface area contributed by atoms with Gasteiger partial charge in [-0.1, -0.05) is 32.3 Å². The van der Waals surface area contributed by atoms with E-state index in [2.05, 4.69) is 13.5 Å². The zero-order valence-corrected chi connectivity index (χ0v) is 9.55. The molecule has 3 heteroatoms. The van der Waals surface area contributed by atoms with Crippen LogP contribution in [-0.2, 0) is 4.74 Å². The highest BCUT2D eigenvalue weighted by Gasteiger charge is 2.10. The molecule has 0 saturated carbocycles. The summed E-state index contributed by atoms with van der Waals surface area (Å²) >= 11 is 5.15. The molecule has 0 aliphatic carbocycles. The van der Waals surface area contributed by atoms with Crippen LogP contribution in [0.15, 0.2) is 12.7 Å². The van der Waals surface area contributed by atoms with Crippen molar-refractivity contribution in [3.05, 3.63) is 12.7 Å². The molecule has 0 radical (unpaired) electrons. The number of carbonyl (C=O) groups excluding carboxylic acids is 1. The molecule has 82 valence electrons. The summed E-state index contributed by atoms with van der Waals surface area (Å²) in [6, 6.07) is 0. The van der Waals surface area contributed by atoms with Gasteiger partial charge in [0.05, 0.1) is 0 Å². The molecule has 0 N–H and O–H groups in total. The molecule has 0 saturated heterocycles. The van der Waals surface area contributed by atoms with E-state index in [1.54, 1.807) is 6.08 Å². The summed E-state index contributed by atoms with van der Waals surface area (Å²) in [5.41, 5.74) is -0.715. The summed E-state index contributed by atoms with van der Waals surface area (Å²) < 4.78 is 4.93. The van der Waals surface area contributed by atoms with Gasteiger partial charge in [-0.2, -0.15) is 0 Å². The van der Waals surface area contributed by atoms with E-state index in [0.29, 0.717) is 6.42 Å². The van der Waals surface area contributed by atoms with Crippen LogP contribution in [0, 0.1) is 0 Å². The first-order valence-electron chi connectivity index (χ1n) is 5.17. The highest BCUT2D eigenvalue weighted by atomic mass is 35.5. The lowest BCUT2D eigenvalue weighted by atomic mass is 10.1. The van der Waals surface area contributed by atoms with Crippen molar-refractivity contribution in [1.82, 2.24) is 0 Å². The van der Waals surface area contributed by atoms with Crippen molar-refractivity contribution in [1.29, 1.82) is 0 Å². The van der Waals surface area contributed by atoms with Gasteiger partial charge in [-0.15, -0.1) is 6.58 Å². The Morgan fingerprint density at radius 1 is 1.50 bits per heavy atom. The van der Waals surface area contributed by atoms with E-state index in [9.17, 15) is 4.79 Å². The minimum Gasteiger partial charge on any atom is -0.450 e. The molecule has 1 unspecified atom stereocenters. The van der Waals surface area contributed by atoms with E-state index in [1.165, 1.54) is 19.3 Å². The second-order valence-corrected chi connectivity index (χ2v) is 3.66. The third-order valence-electron chi connectivity index (χ3n) is 2.07. The summed E-state index contributed by atoms with van der Waals surface area (Å²) in [5.74, 6) is 0. The van der Waals surface area contributed by atoms with Crippen LogP contribution in [0.1, 0.15) is 45.4 Å². The van der Waals surface area contributed by atoms with Crippen LogP contribution in [0.3, 0.4) is 0 Å². The molecule has 1 atom stereocenters. The van der Waals surface area contributed by atoms with Crippen LogP contribution in [0.2, 0.25) is 0 Å². The molecular formula is C11H19ClO2. The molecule has 0 amide bonds. The number of rotatable bonds is 8. The first-order valence-corrected chi connectivity index (χ1v) is 5.55. The van der Waals surface area contributed by atoms with Crippen LogP contribution in [0.5, 0.6) is 0 Å². The highest BCUT2D eigenvalue weighted by Crippen LogP contribution is 2.12. The van der Waals surface area contributed by atoms with Gasteiger partial charge in [0.25, 0.3) is 0 Å². The van der Waals surface area contributed by atoms with Gasteiger partial charge in [0.15, 0.2) is 0 Å². The van der Waals surface area contributed by atoms with Gasteiger partial charge in [0.1, 0.15) is 6.10 Å². The third kappa shape index (κ3) is 8.11. The van der Waals surface area contributed by atoms with Crippen molar-refractivity contribution in [2.75, 3.05) is 0 Å². The molecule has 0 aliphatic heterocycles. The lowest BCUT2D eigenvalue weighted by Crippen LogP contribution is -2.13. The van der Waals surface area contributed by atoms with Gasteiger partial charge in [0.2, 0.25) is 0 Å². The quantitative estimate of drug-likeness (QED) is 0.345. The summed E-state index contributed by atoms with van der Waals surface area (Å²) in [4.78, 5) is 10.5. The number of carbonyl (C=O) groups is 1. The maximum atomic E-state index is 10.5. The van der Waals surface area contributed by atoms with Gasteiger partial charge in [0, 0.05) is 18.0 Å². The predicted molar refractivity (Wildman–Crippen MR) is 59.7 cm³/mol. The van der Waals surface area contributed by atoms with Gasteiger partial charge >= 0.3 is 5.43 Å². The Kier molecular flexibility index (Phi) is 8.75. The fraction of sp³-hybridized carbons (Fsp3) is 0.727. The molecule has 0 spiro atoms. The molecular weight excluding hydrogens is 200 g/mol. The van der Waals surface area contributed by atoms with E-state index in [1.807, 2.05) is 0 Å². The Morgan fingerprint density at radius 3 is 2.71 bits per heavy atom. The summed E-state index contributed by atoms with van der Waals surface area (Å²) in [5, 5.41) is 0. The van der Waals surface area contributed by atoms with Crippen molar-refractivity contribution in [3.63, 3.8) is 0 Å². The molecule has 0 heterocycles. The smallest absolute Gasteiger partial charge is 0.404 e. The SMILES string of the molecule is C=CCC(CCCCCC)OC(=O)Cl. The van der Waals surface area contributed by atoms with Crippen molar-refractivity contribution in [3.8, 4) is 0 Å². The van der Waals surface area contributed by atoms with Gasteiger partial charge in [-0.05, 0) is 12.8 Å².